The summed E-state index contributed by atoms with van der Waals surface area (Å²) in [6, 6.07) is 0. The van der Waals surface area contributed by atoms with Crippen LogP contribution in [0.2, 0.25) is 0 Å². The molecule has 0 spiro atoms. The SMILES string of the molecule is COCC(C[N+](C)(C)C)OC. The van der Waals surface area contributed by atoms with E-state index in [1.165, 1.54) is 0 Å². The monoisotopic (exact) mass is 162 g/mol. The molecule has 0 fully saturated rings. The van der Waals surface area contributed by atoms with Gasteiger partial charge >= 0.3 is 0 Å². The first-order valence-electron chi connectivity index (χ1n) is 3.82. The normalized spacial score (nSPS) is 15.0. The van der Waals surface area contributed by atoms with Crippen LogP contribution in [0.5, 0.6) is 0 Å². The van der Waals surface area contributed by atoms with Gasteiger partial charge in [0.15, 0.2) is 0 Å². The van der Waals surface area contributed by atoms with E-state index in [0.29, 0.717) is 6.61 Å². The van der Waals surface area contributed by atoms with Gasteiger partial charge in [-0.15, -0.1) is 0 Å². The Balaban J connectivity index is 3.68. The van der Waals surface area contributed by atoms with E-state index in [1.807, 2.05) is 0 Å². The van der Waals surface area contributed by atoms with Crippen LogP contribution in [0.4, 0.5) is 0 Å². The summed E-state index contributed by atoms with van der Waals surface area (Å²) in [6.45, 7) is 1.65. The van der Waals surface area contributed by atoms with Gasteiger partial charge < -0.3 is 14.0 Å². The van der Waals surface area contributed by atoms with Crippen molar-refractivity contribution in [2.24, 2.45) is 0 Å². The van der Waals surface area contributed by atoms with E-state index in [-0.39, 0.29) is 6.10 Å². The van der Waals surface area contributed by atoms with Crippen molar-refractivity contribution in [1.29, 1.82) is 0 Å². The van der Waals surface area contributed by atoms with Gasteiger partial charge in [-0.25, -0.2) is 0 Å². The molecule has 0 aliphatic rings. The third kappa shape index (κ3) is 6.28. The molecule has 0 radical (unpaired) electrons. The number of ether oxygens (including phenoxy) is 2. The molecule has 0 aromatic carbocycles. The highest BCUT2D eigenvalue weighted by molar-refractivity contribution is 4.52. The van der Waals surface area contributed by atoms with Gasteiger partial charge in [0, 0.05) is 14.2 Å². The average molecular weight is 162 g/mol. The Bertz CT molecular complexity index is 98.8. The van der Waals surface area contributed by atoms with E-state index < -0.39 is 0 Å². The van der Waals surface area contributed by atoms with Gasteiger partial charge in [-0.2, -0.15) is 0 Å². The fraction of sp³-hybridized carbons (Fsp3) is 1.00. The number of quaternary nitrogens is 1. The molecule has 0 heterocycles. The lowest BCUT2D eigenvalue weighted by atomic mass is 10.3. The number of rotatable bonds is 5. The smallest absolute Gasteiger partial charge is 0.129 e. The van der Waals surface area contributed by atoms with Crippen molar-refractivity contribution in [3.8, 4) is 0 Å². The first-order chi connectivity index (χ1) is 4.99. The molecule has 0 amide bonds. The molecule has 68 valence electrons. The van der Waals surface area contributed by atoms with E-state index in [9.17, 15) is 0 Å². The average Bonchev–Trinajstić information content (AvgIpc) is 1.84. The van der Waals surface area contributed by atoms with E-state index in [0.717, 1.165) is 11.0 Å². The fourth-order valence-electron chi connectivity index (χ4n) is 0.992. The lowest BCUT2D eigenvalue weighted by Crippen LogP contribution is -2.43. The van der Waals surface area contributed by atoms with Crippen LogP contribution in [0.1, 0.15) is 0 Å². The van der Waals surface area contributed by atoms with Crippen LogP contribution in [0, 0.1) is 0 Å². The molecule has 1 atom stereocenters. The molecule has 0 N–H and O–H groups in total. The minimum absolute atomic E-state index is 0.208. The topological polar surface area (TPSA) is 18.5 Å². The van der Waals surface area contributed by atoms with Gasteiger partial charge in [0.25, 0.3) is 0 Å². The van der Waals surface area contributed by atoms with Crippen LogP contribution in [0.25, 0.3) is 0 Å². The van der Waals surface area contributed by atoms with Crippen LogP contribution in [-0.2, 0) is 9.47 Å². The molecular weight excluding hydrogens is 142 g/mol. The van der Waals surface area contributed by atoms with E-state index in [2.05, 4.69) is 21.1 Å². The minimum atomic E-state index is 0.208. The molecular formula is C8H20NO2+. The summed E-state index contributed by atoms with van der Waals surface area (Å²) in [7, 11) is 9.84. The number of likely N-dealkylation sites (N-methyl/N-ethyl adjacent to an activating group) is 1. The highest BCUT2D eigenvalue weighted by Gasteiger charge is 2.16. The van der Waals surface area contributed by atoms with Crippen molar-refractivity contribution in [2.45, 2.75) is 6.10 Å². The Morgan fingerprint density at radius 3 is 2.00 bits per heavy atom. The van der Waals surface area contributed by atoms with E-state index in [1.54, 1.807) is 14.2 Å². The van der Waals surface area contributed by atoms with Gasteiger partial charge in [0.2, 0.25) is 0 Å². The molecule has 3 nitrogen and oxygen atoms in total. The molecule has 0 rings (SSSR count). The van der Waals surface area contributed by atoms with E-state index >= 15 is 0 Å². The Morgan fingerprint density at radius 2 is 1.73 bits per heavy atom. The quantitative estimate of drug-likeness (QED) is 0.543. The molecule has 1 unspecified atom stereocenters. The molecule has 11 heavy (non-hydrogen) atoms. The first-order valence-corrected chi connectivity index (χ1v) is 3.82. The third-order valence-electron chi connectivity index (χ3n) is 1.44. The van der Waals surface area contributed by atoms with Gasteiger partial charge in [-0.05, 0) is 0 Å². The molecule has 0 bridgehead atoms. The molecule has 0 aromatic rings. The zero-order valence-corrected chi connectivity index (χ0v) is 8.26. The van der Waals surface area contributed by atoms with Gasteiger partial charge in [-0.3, -0.25) is 0 Å². The van der Waals surface area contributed by atoms with Crippen LogP contribution < -0.4 is 0 Å². The van der Waals surface area contributed by atoms with Crippen molar-refractivity contribution < 1.29 is 14.0 Å². The summed E-state index contributed by atoms with van der Waals surface area (Å²) in [4.78, 5) is 0. The zero-order chi connectivity index (χ0) is 8.91. The molecule has 0 saturated carbocycles. The highest BCUT2D eigenvalue weighted by atomic mass is 16.5. The standard InChI is InChI=1S/C8H20NO2/c1-9(2,3)6-8(11-5)7-10-4/h8H,6-7H2,1-5H3/q+1. The number of hydrogen-bond donors (Lipinski definition) is 0. The maximum Gasteiger partial charge on any atom is 0.129 e. The second kappa shape index (κ2) is 4.70. The Labute approximate surface area is 69.5 Å². The predicted molar refractivity (Wildman–Crippen MR) is 45.6 cm³/mol. The lowest BCUT2D eigenvalue weighted by molar-refractivity contribution is -0.873. The van der Waals surface area contributed by atoms with Crippen molar-refractivity contribution in [3.63, 3.8) is 0 Å². The van der Waals surface area contributed by atoms with Crippen LogP contribution >= 0.6 is 0 Å². The van der Waals surface area contributed by atoms with Crippen LogP contribution in [-0.4, -0.2) is 59.1 Å². The summed E-state index contributed by atoms with van der Waals surface area (Å²) in [5.41, 5.74) is 0. The Kier molecular flexibility index (Phi) is 4.65. The number of hydrogen-bond acceptors (Lipinski definition) is 2. The van der Waals surface area contributed by atoms with Crippen molar-refractivity contribution in [1.82, 2.24) is 0 Å². The molecule has 3 heteroatoms. The molecule has 0 saturated heterocycles. The maximum atomic E-state index is 5.23. The van der Waals surface area contributed by atoms with Crippen molar-refractivity contribution in [2.75, 3.05) is 48.5 Å². The molecule has 0 aromatic heterocycles. The van der Waals surface area contributed by atoms with Crippen molar-refractivity contribution >= 4 is 0 Å². The predicted octanol–water partition coefficient (Wildman–Crippen LogP) is 0.354. The third-order valence-corrected chi connectivity index (χ3v) is 1.44. The lowest BCUT2D eigenvalue weighted by Gasteiger charge is -2.28. The Morgan fingerprint density at radius 1 is 1.18 bits per heavy atom. The zero-order valence-electron chi connectivity index (χ0n) is 8.26. The highest BCUT2D eigenvalue weighted by Crippen LogP contribution is 1.98. The second-order valence-electron chi connectivity index (χ2n) is 3.79. The minimum Gasteiger partial charge on any atom is -0.382 e. The molecule has 0 aliphatic carbocycles. The van der Waals surface area contributed by atoms with Crippen molar-refractivity contribution in [3.05, 3.63) is 0 Å². The van der Waals surface area contributed by atoms with Crippen LogP contribution in [0.15, 0.2) is 0 Å². The van der Waals surface area contributed by atoms with Gasteiger partial charge in [0.05, 0.1) is 27.7 Å². The van der Waals surface area contributed by atoms with Crippen LogP contribution in [0.3, 0.4) is 0 Å². The summed E-state index contributed by atoms with van der Waals surface area (Å²) in [5, 5.41) is 0. The largest absolute Gasteiger partial charge is 0.382 e. The number of methoxy groups -OCH3 is 2. The Hall–Kier alpha value is -0.120. The van der Waals surface area contributed by atoms with E-state index in [4.69, 9.17) is 9.47 Å². The fourth-order valence-corrected chi connectivity index (χ4v) is 0.992. The molecule has 0 aliphatic heterocycles. The summed E-state index contributed by atoms with van der Waals surface area (Å²) in [5.74, 6) is 0. The van der Waals surface area contributed by atoms with Gasteiger partial charge in [-0.1, -0.05) is 0 Å². The van der Waals surface area contributed by atoms with Gasteiger partial charge in [0.1, 0.15) is 12.6 Å². The summed E-state index contributed by atoms with van der Waals surface area (Å²) >= 11 is 0. The second-order valence-corrected chi connectivity index (χ2v) is 3.79. The first kappa shape index (κ1) is 10.9. The number of nitrogens with zero attached hydrogens (tertiary/aromatic N) is 1. The summed E-state index contributed by atoms with van der Waals surface area (Å²) < 4.78 is 11.1. The maximum absolute atomic E-state index is 5.23. The summed E-state index contributed by atoms with van der Waals surface area (Å²) in [6.07, 6.45) is 0.208.